The van der Waals surface area contributed by atoms with Crippen LogP contribution in [0.3, 0.4) is 0 Å². The van der Waals surface area contributed by atoms with Crippen molar-refractivity contribution in [3.8, 4) is 0 Å². The van der Waals surface area contributed by atoms with Crippen molar-refractivity contribution in [1.29, 1.82) is 0 Å². The Bertz CT molecular complexity index is 329. The van der Waals surface area contributed by atoms with Gasteiger partial charge in [-0.25, -0.2) is 0 Å². The molecule has 0 unspecified atom stereocenters. The first-order valence-electron chi connectivity index (χ1n) is 4.71. The highest BCUT2D eigenvalue weighted by atomic mass is 16.4. The number of carbonyl (C=O) groups is 1. The number of hydrogen-bond donors (Lipinski definition) is 1. The summed E-state index contributed by atoms with van der Waals surface area (Å²) in [7, 11) is 0. The van der Waals surface area contributed by atoms with Gasteiger partial charge in [-0.2, -0.15) is 5.10 Å². The molecule has 0 aliphatic heterocycles. The Morgan fingerprint density at radius 2 is 2.29 bits per heavy atom. The van der Waals surface area contributed by atoms with E-state index in [-0.39, 0.29) is 6.42 Å². The minimum atomic E-state index is -0.802. The van der Waals surface area contributed by atoms with Gasteiger partial charge in [-0.3, -0.25) is 9.48 Å². The average molecular weight is 196 g/mol. The highest BCUT2D eigenvalue weighted by Gasteiger charge is 2.24. The Hall–Kier alpha value is -1.32. The van der Waals surface area contributed by atoms with Crippen LogP contribution < -0.4 is 0 Å². The van der Waals surface area contributed by atoms with Gasteiger partial charge in [0.1, 0.15) is 0 Å². The summed E-state index contributed by atoms with van der Waals surface area (Å²) in [5.74, 6) is -0.802. The lowest BCUT2D eigenvalue weighted by Crippen LogP contribution is -2.29. The molecule has 4 nitrogen and oxygen atoms in total. The maximum absolute atomic E-state index is 10.6. The van der Waals surface area contributed by atoms with Crippen LogP contribution in [0.1, 0.15) is 32.8 Å². The summed E-state index contributed by atoms with van der Waals surface area (Å²) in [4.78, 5) is 10.6. The summed E-state index contributed by atoms with van der Waals surface area (Å²) in [6, 6.07) is 0. The van der Waals surface area contributed by atoms with Crippen LogP contribution in [0.4, 0.5) is 0 Å². The summed E-state index contributed by atoms with van der Waals surface area (Å²) in [5.41, 5.74) is 0.669. The molecule has 78 valence electrons. The summed E-state index contributed by atoms with van der Waals surface area (Å²) in [6.07, 6.45) is 4.69. The molecular weight excluding hydrogens is 180 g/mol. The van der Waals surface area contributed by atoms with E-state index in [1.807, 2.05) is 27.0 Å². The van der Waals surface area contributed by atoms with Crippen LogP contribution in [-0.2, 0) is 16.8 Å². The number of aliphatic carboxylic acids is 1. The molecule has 0 spiro atoms. The number of hydrogen-bond acceptors (Lipinski definition) is 2. The molecule has 0 atom stereocenters. The molecule has 0 radical (unpaired) electrons. The molecule has 1 aromatic heterocycles. The Labute approximate surface area is 83.5 Å². The van der Waals surface area contributed by atoms with Gasteiger partial charge in [-0.15, -0.1) is 0 Å². The molecule has 1 heterocycles. The fourth-order valence-electron chi connectivity index (χ4n) is 1.32. The molecule has 0 saturated carbocycles. The second kappa shape index (κ2) is 3.82. The van der Waals surface area contributed by atoms with E-state index in [0.717, 1.165) is 12.0 Å². The fraction of sp³-hybridized carbons (Fsp3) is 0.600. The van der Waals surface area contributed by atoms with Gasteiger partial charge in [-0.05, 0) is 25.8 Å². The molecule has 4 heteroatoms. The van der Waals surface area contributed by atoms with Crippen LogP contribution >= 0.6 is 0 Å². The number of carboxylic acid groups (broad SMARTS) is 1. The van der Waals surface area contributed by atoms with Gasteiger partial charge in [0.2, 0.25) is 0 Å². The summed E-state index contributed by atoms with van der Waals surface area (Å²) in [6.45, 7) is 5.78. The van der Waals surface area contributed by atoms with Crippen molar-refractivity contribution in [2.45, 2.75) is 39.2 Å². The standard InChI is InChI=1S/C10H16N2O2/c1-4-8-6-11-12(7-8)10(2,3)5-9(13)14/h6-7H,4-5H2,1-3H3,(H,13,14). The number of rotatable bonds is 4. The number of aryl methyl sites for hydroxylation is 1. The van der Waals surface area contributed by atoms with E-state index >= 15 is 0 Å². The quantitative estimate of drug-likeness (QED) is 0.796. The molecule has 0 bridgehead atoms. The lowest BCUT2D eigenvalue weighted by Gasteiger charge is -2.22. The Kier molecular flexibility index (Phi) is 2.93. The van der Waals surface area contributed by atoms with E-state index < -0.39 is 11.5 Å². The Morgan fingerprint density at radius 3 is 2.71 bits per heavy atom. The van der Waals surface area contributed by atoms with Crippen molar-refractivity contribution in [3.63, 3.8) is 0 Å². The van der Waals surface area contributed by atoms with Crippen LogP contribution in [0.2, 0.25) is 0 Å². The van der Waals surface area contributed by atoms with Gasteiger partial charge in [0.05, 0.1) is 18.2 Å². The van der Waals surface area contributed by atoms with Gasteiger partial charge in [0.25, 0.3) is 0 Å². The maximum atomic E-state index is 10.6. The second-order valence-corrected chi connectivity index (χ2v) is 4.03. The summed E-state index contributed by atoms with van der Waals surface area (Å²) < 4.78 is 1.72. The third-order valence-corrected chi connectivity index (χ3v) is 2.25. The molecule has 0 aliphatic carbocycles. The highest BCUT2D eigenvalue weighted by Crippen LogP contribution is 2.19. The van der Waals surface area contributed by atoms with Gasteiger partial charge in [0.15, 0.2) is 0 Å². The van der Waals surface area contributed by atoms with E-state index in [9.17, 15) is 4.79 Å². The first-order chi connectivity index (χ1) is 6.45. The number of aromatic nitrogens is 2. The number of carboxylic acids is 1. The molecule has 0 saturated heterocycles. The molecule has 14 heavy (non-hydrogen) atoms. The van der Waals surface area contributed by atoms with E-state index in [1.54, 1.807) is 10.9 Å². The normalized spacial score (nSPS) is 11.6. The minimum absolute atomic E-state index is 0.0812. The molecule has 0 amide bonds. The van der Waals surface area contributed by atoms with Gasteiger partial charge in [0, 0.05) is 6.20 Å². The molecule has 1 aromatic rings. The fourth-order valence-corrected chi connectivity index (χ4v) is 1.32. The zero-order valence-electron chi connectivity index (χ0n) is 8.82. The Balaban J connectivity index is 2.85. The summed E-state index contributed by atoms with van der Waals surface area (Å²) in [5, 5.41) is 12.9. The maximum Gasteiger partial charge on any atom is 0.305 e. The molecule has 0 aliphatic rings. The van der Waals surface area contributed by atoms with Crippen molar-refractivity contribution in [2.75, 3.05) is 0 Å². The molecular formula is C10H16N2O2. The topological polar surface area (TPSA) is 55.1 Å². The second-order valence-electron chi connectivity index (χ2n) is 4.03. The molecule has 1 N–H and O–H groups in total. The lowest BCUT2D eigenvalue weighted by molar-refractivity contribution is -0.139. The van der Waals surface area contributed by atoms with Crippen molar-refractivity contribution >= 4 is 5.97 Å². The third-order valence-electron chi connectivity index (χ3n) is 2.25. The lowest BCUT2D eigenvalue weighted by atomic mass is 10.0. The highest BCUT2D eigenvalue weighted by molar-refractivity contribution is 5.67. The number of nitrogens with zero attached hydrogens (tertiary/aromatic N) is 2. The van der Waals surface area contributed by atoms with Gasteiger partial charge < -0.3 is 5.11 Å². The SMILES string of the molecule is CCc1cnn(C(C)(C)CC(=O)O)c1. The predicted molar refractivity (Wildman–Crippen MR) is 53.2 cm³/mol. The molecule has 0 fully saturated rings. The van der Waals surface area contributed by atoms with Gasteiger partial charge >= 0.3 is 5.97 Å². The van der Waals surface area contributed by atoms with E-state index in [1.165, 1.54) is 0 Å². The van der Waals surface area contributed by atoms with Crippen LogP contribution in [0.15, 0.2) is 12.4 Å². The predicted octanol–water partition coefficient (Wildman–Crippen LogP) is 1.66. The van der Waals surface area contributed by atoms with E-state index in [0.29, 0.717) is 0 Å². The Morgan fingerprint density at radius 1 is 1.64 bits per heavy atom. The minimum Gasteiger partial charge on any atom is -0.481 e. The third kappa shape index (κ3) is 2.34. The smallest absolute Gasteiger partial charge is 0.305 e. The van der Waals surface area contributed by atoms with Crippen LogP contribution in [0.5, 0.6) is 0 Å². The van der Waals surface area contributed by atoms with Crippen molar-refractivity contribution in [1.82, 2.24) is 9.78 Å². The van der Waals surface area contributed by atoms with Crippen LogP contribution in [0.25, 0.3) is 0 Å². The monoisotopic (exact) mass is 196 g/mol. The van der Waals surface area contributed by atoms with Crippen molar-refractivity contribution in [3.05, 3.63) is 18.0 Å². The van der Waals surface area contributed by atoms with Crippen molar-refractivity contribution in [2.24, 2.45) is 0 Å². The zero-order chi connectivity index (χ0) is 10.8. The first-order valence-corrected chi connectivity index (χ1v) is 4.71. The zero-order valence-corrected chi connectivity index (χ0v) is 8.82. The molecule has 1 rings (SSSR count). The van der Waals surface area contributed by atoms with E-state index in [4.69, 9.17) is 5.11 Å². The van der Waals surface area contributed by atoms with Gasteiger partial charge in [-0.1, -0.05) is 6.92 Å². The van der Waals surface area contributed by atoms with E-state index in [2.05, 4.69) is 5.10 Å². The average Bonchev–Trinajstić information content (AvgIpc) is 2.49. The first kappa shape index (κ1) is 10.8. The summed E-state index contributed by atoms with van der Waals surface area (Å²) >= 11 is 0. The molecule has 0 aromatic carbocycles. The van der Waals surface area contributed by atoms with Crippen molar-refractivity contribution < 1.29 is 9.90 Å². The van der Waals surface area contributed by atoms with Crippen LogP contribution in [-0.4, -0.2) is 20.9 Å². The largest absolute Gasteiger partial charge is 0.481 e. The van der Waals surface area contributed by atoms with Crippen LogP contribution in [0, 0.1) is 0 Å².